The first-order chi connectivity index (χ1) is 9.11. The van der Waals surface area contributed by atoms with Crippen LogP contribution in [0.15, 0.2) is 24.3 Å². The van der Waals surface area contributed by atoms with Gasteiger partial charge in [-0.3, -0.25) is 4.79 Å². The number of aliphatic carboxylic acids is 1. The topological polar surface area (TPSA) is 63.1 Å². The maximum Gasteiger partial charge on any atom is 0.313 e. The zero-order valence-corrected chi connectivity index (χ0v) is 11.2. The van der Waals surface area contributed by atoms with E-state index >= 15 is 0 Å². The fraction of sp³-hybridized carbons (Fsp3) is 0.308. The lowest BCUT2D eigenvalue weighted by molar-refractivity contribution is -0.138. The summed E-state index contributed by atoms with van der Waals surface area (Å²) in [5.74, 6) is -1.63. The van der Waals surface area contributed by atoms with Crippen LogP contribution in [0.4, 0.5) is 4.39 Å². The molecule has 1 atom stereocenters. The Kier molecular flexibility index (Phi) is 4.21. The van der Waals surface area contributed by atoms with Crippen LogP contribution in [-0.4, -0.2) is 20.4 Å². The molecule has 0 fully saturated rings. The number of carboxylic acids is 1. The predicted molar refractivity (Wildman–Crippen MR) is 69.8 cm³/mol. The number of aromatic nitrogens is 2. The molecule has 1 N–H and O–H groups in total. The first-order valence-corrected chi connectivity index (χ1v) is 6.67. The number of carboxylic acid groups (broad SMARTS) is 1. The second-order valence-electron chi connectivity index (χ2n) is 4.09. The molecule has 4 nitrogen and oxygen atoms in total. The van der Waals surface area contributed by atoms with E-state index in [-0.39, 0.29) is 6.42 Å². The van der Waals surface area contributed by atoms with E-state index < -0.39 is 17.7 Å². The van der Waals surface area contributed by atoms with Crippen LogP contribution in [0.5, 0.6) is 0 Å². The molecule has 0 aliphatic heterocycles. The highest BCUT2D eigenvalue weighted by Crippen LogP contribution is 2.24. The van der Waals surface area contributed by atoms with E-state index in [4.69, 9.17) is 0 Å². The molecule has 0 saturated heterocycles. The maximum absolute atomic E-state index is 13.6. The van der Waals surface area contributed by atoms with Gasteiger partial charge in [0.05, 0.1) is 0 Å². The van der Waals surface area contributed by atoms with Crippen LogP contribution in [0.2, 0.25) is 0 Å². The lowest BCUT2D eigenvalue weighted by Crippen LogP contribution is -2.15. The van der Waals surface area contributed by atoms with Crippen LogP contribution >= 0.6 is 11.5 Å². The number of benzene rings is 1. The van der Waals surface area contributed by atoms with E-state index in [9.17, 15) is 14.3 Å². The Balaban J connectivity index is 2.26. The first-order valence-electron chi connectivity index (χ1n) is 5.90. The standard InChI is InChI=1S/C13H13FN2O2S/c1-2-11-15-12(19-16-11)9(13(17)18)7-8-5-3-4-6-10(8)14/h3-6,9H,2,7H2,1H3,(H,17,18). The molecule has 1 unspecified atom stereocenters. The van der Waals surface area contributed by atoms with Crippen molar-refractivity contribution in [3.05, 3.63) is 46.5 Å². The summed E-state index contributed by atoms with van der Waals surface area (Å²) in [7, 11) is 0. The number of hydrogen-bond donors (Lipinski definition) is 1. The molecule has 0 amide bonds. The van der Waals surface area contributed by atoms with Gasteiger partial charge in [-0.15, -0.1) is 0 Å². The van der Waals surface area contributed by atoms with Crippen LogP contribution in [-0.2, 0) is 17.6 Å². The van der Waals surface area contributed by atoms with Gasteiger partial charge >= 0.3 is 5.97 Å². The van der Waals surface area contributed by atoms with Crippen LogP contribution < -0.4 is 0 Å². The van der Waals surface area contributed by atoms with Gasteiger partial charge in [-0.25, -0.2) is 9.37 Å². The minimum absolute atomic E-state index is 0.0837. The lowest BCUT2D eigenvalue weighted by Gasteiger charge is -2.09. The zero-order chi connectivity index (χ0) is 13.8. The Hall–Kier alpha value is -1.82. The van der Waals surface area contributed by atoms with Crippen LogP contribution in [0.25, 0.3) is 0 Å². The molecule has 0 bridgehead atoms. The second kappa shape index (κ2) is 5.88. The third-order valence-electron chi connectivity index (χ3n) is 2.78. The highest BCUT2D eigenvalue weighted by atomic mass is 32.1. The first kappa shape index (κ1) is 13.6. The van der Waals surface area contributed by atoms with Gasteiger partial charge in [-0.2, -0.15) is 4.37 Å². The molecule has 1 aromatic heterocycles. The number of rotatable bonds is 5. The van der Waals surface area contributed by atoms with Crippen molar-refractivity contribution in [3.8, 4) is 0 Å². The quantitative estimate of drug-likeness (QED) is 0.914. The van der Waals surface area contributed by atoms with Crippen LogP contribution in [0, 0.1) is 5.82 Å². The molecule has 1 heterocycles. The van der Waals surface area contributed by atoms with E-state index in [2.05, 4.69) is 9.36 Å². The minimum Gasteiger partial charge on any atom is -0.481 e. The SMILES string of the molecule is CCc1nsc(C(Cc2ccccc2F)C(=O)O)n1. The van der Waals surface area contributed by atoms with Gasteiger partial charge in [-0.1, -0.05) is 25.1 Å². The van der Waals surface area contributed by atoms with Gasteiger partial charge < -0.3 is 5.11 Å². The molecule has 0 saturated carbocycles. The maximum atomic E-state index is 13.6. The summed E-state index contributed by atoms with van der Waals surface area (Å²) in [5.41, 5.74) is 0.378. The predicted octanol–water partition coefficient (Wildman–Crippen LogP) is 2.65. The summed E-state index contributed by atoms with van der Waals surface area (Å²) >= 11 is 1.07. The summed E-state index contributed by atoms with van der Waals surface area (Å²) in [6.07, 6.45) is 0.739. The van der Waals surface area contributed by atoms with Gasteiger partial charge in [-0.05, 0) is 29.6 Å². The highest BCUT2D eigenvalue weighted by Gasteiger charge is 2.25. The Morgan fingerprint density at radius 3 is 2.79 bits per heavy atom. The fourth-order valence-corrected chi connectivity index (χ4v) is 2.54. The second-order valence-corrected chi connectivity index (χ2v) is 4.87. The molecular weight excluding hydrogens is 267 g/mol. The molecule has 100 valence electrons. The smallest absolute Gasteiger partial charge is 0.313 e. The molecule has 0 aliphatic carbocycles. The van der Waals surface area contributed by atoms with E-state index in [1.807, 2.05) is 6.92 Å². The zero-order valence-electron chi connectivity index (χ0n) is 10.3. The van der Waals surface area contributed by atoms with Gasteiger partial charge in [0.25, 0.3) is 0 Å². The van der Waals surface area contributed by atoms with E-state index in [1.165, 1.54) is 6.07 Å². The highest BCUT2D eigenvalue weighted by molar-refractivity contribution is 7.05. The van der Waals surface area contributed by atoms with Crippen molar-refractivity contribution in [3.63, 3.8) is 0 Å². The van der Waals surface area contributed by atoms with Crippen LogP contribution in [0.1, 0.15) is 29.2 Å². The van der Waals surface area contributed by atoms with Gasteiger partial charge in [0.2, 0.25) is 0 Å². The van der Waals surface area contributed by atoms with Crippen molar-refractivity contribution >= 4 is 17.5 Å². The number of nitrogens with zero attached hydrogens (tertiary/aromatic N) is 2. The molecule has 0 aliphatic rings. The third kappa shape index (κ3) is 3.14. The Labute approximate surface area is 114 Å². The number of aryl methyl sites for hydroxylation is 1. The number of halogens is 1. The van der Waals surface area contributed by atoms with Crippen molar-refractivity contribution in [2.75, 3.05) is 0 Å². The molecule has 0 radical (unpaired) electrons. The molecule has 6 heteroatoms. The number of hydrogen-bond acceptors (Lipinski definition) is 4. The van der Waals surface area contributed by atoms with Crippen molar-refractivity contribution in [1.29, 1.82) is 0 Å². The van der Waals surface area contributed by atoms with E-state index in [1.54, 1.807) is 18.2 Å². The minimum atomic E-state index is -1.01. The summed E-state index contributed by atoms with van der Waals surface area (Å²) in [5, 5.41) is 9.70. The summed E-state index contributed by atoms with van der Waals surface area (Å²) in [6, 6.07) is 6.18. The van der Waals surface area contributed by atoms with Gasteiger partial charge in [0.15, 0.2) is 0 Å². The molecule has 19 heavy (non-hydrogen) atoms. The molecule has 2 rings (SSSR count). The normalized spacial score (nSPS) is 12.3. The average Bonchev–Trinajstić information content (AvgIpc) is 2.86. The molecule has 1 aromatic carbocycles. The van der Waals surface area contributed by atoms with Crippen molar-refractivity contribution < 1.29 is 14.3 Å². The monoisotopic (exact) mass is 280 g/mol. The Morgan fingerprint density at radius 1 is 1.47 bits per heavy atom. The summed E-state index contributed by atoms with van der Waals surface area (Å²) < 4.78 is 17.7. The van der Waals surface area contributed by atoms with Crippen molar-refractivity contribution in [2.24, 2.45) is 0 Å². The van der Waals surface area contributed by atoms with Gasteiger partial charge in [0.1, 0.15) is 22.6 Å². The fourth-order valence-electron chi connectivity index (χ4n) is 1.72. The largest absolute Gasteiger partial charge is 0.481 e. The van der Waals surface area contributed by atoms with Crippen molar-refractivity contribution in [1.82, 2.24) is 9.36 Å². The third-order valence-corrected chi connectivity index (χ3v) is 3.64. The van der Waals surface area contributed by atoms with E-state index in [0.29, 0.717) is 22.8 Å². The molecular formula is C13H13FN2O2S. The lowest BCUT2D eigenvalue weighted by atomic mass is 9.99. The Morgan fingerprint density at radius 2 is 2.21 bits per heavy atom. The summed E-state index contributed by atoms with van der Waals surface area (Å²) in [4.78, 5) is 15.5. The molecule has 2 aromatic rings. The Bertz CT molecular complexity index is 586. The number of carbonyl (C=O) groups is 1. The van der Waals surface area contributed by atoms with Crippen LogP contribution in [0.3, 0.4) is 0 Å². The van der Waals surface area contributed by atoms with E-state index in [0.717, 1.165) is 11.5 Å². The summed E-state index contributed by atoms with van der Waals surface area (Å²) in [6.45, 7) is 1.90. The van der Waals surface area contributed by atoms with Crippen molar-refractivity contribution in [2.45, 2.75) is 25.7 Å². The average molecular weight is 280 g/mol. The van der Waals surface area contributed by atoms with Gasteiger partial charge in [0, 0.05) is 6.42 Å². The molecule has 0 spiro atoms.